The molecule has 19 heavy (non-hydrogen) atoms. The van der Waals surface area contributed by atoms with E-state index in [0.717, 1.165) is 36.0 Å². The monoisotopic (exact) mass is 260 g/mol. The number of ketones is 1. The molecule has 0 radical (unpaired) electrons. The number of fused-ring (bicyclic) bond motifs is 5. The van der Waals surface area contributed by atoms with E-state index in [4.69, 9.17) is 0 Å². The number of Topliss-reactive ketones (excluding diaryl/α,β-unsaturated/α-hetero) is 1. The van der Waals surface area contributed by atoms with E-state index in [9.17, 15) is 4.79 Å². The van der Waals surface area contributed by atoms with Crippen LogP contribution in [0.3, 0.4) is 0 Å². The molecule has 0 heterocycles. The third kappa shape index (κ3) is 1.99. The van der Waals surface area contributed by atoms with Gasteiger partial charge in [-0.3, -0.25) is 4.79 Å². The largest absolute Gasteiger partial charge is 0.299 e. The van der Waals surface area contributed by atoms with Crippen LogP contribution in [0.2, 0.25) is 0 Å². The van der Waals surface area contributed by atoms with Crippen LogP contribution in [0.4, 0.5) is 0 Å². The third-order valence-corrected chi connectivity index (χ3v) is 7.19. The SMILES string of the molecule is O=C1CCCC2C1CCC1C3CCCCC3CCC21. The fraction of sp³-hybridized carbons (Fsp3) is 0.944. The first-order chi connectivity index (χ1) is 9.34. The lowest BCUT2D eigenvalue weighted by Crippen LogP contribution is -2.47. The van der Waals surface area contributed by atoms with Gasteiger partial charge in [-0.2, -0.15) is 0 Å². The van der Waals surface area contributed by atoms with Gasteiger partial charge >= 0.3 is 0 Å². The van der Waals surface area contributed by atoms with Gasteiger partial charge in [0.25, 0.3) is 0 Å². The average Bonchev–Trinajstić information content (AvgIpc) is 2.47. The van der Waals surface area contributed by atoms with E-state index in [1.807, 2.05) is 0 Å². The quantitative estimate of drug-likeness (QED) is 0.622. The fourth-order valence-corrected chi connectivity index (χ4v) is 6.45. The van der Waals surface area contributed by atoms with Crippen LogP contribution in [0.25, 0.3) is 0 Å². The molecular weight excluding hydrogens is 232 g/mol. The van der Waals surface area contributed by atoms with Crippen LogP contribution in [0.1, 0.15) is 70.6 Å². The van der Waals surface area contributed by atoms with Crippen molar-refractivity contribution in [3.05, 3.63) is 0 Å². The Morgan fingerprint density at radius 2 is 1.37 bits per heavy atom. The lowest BCUT2D eigenvalue weighted by atomic mass is 9.51. The summed E-state index contributed by atoms with van der Waals surface area (Å²) in [4.78, 5) is 12.2. The zero-order valence-electron chi connectivity index (χ0n) is 12.2. The second-order valence-corrected chi connectivity index (χ2v) is 7.82. The molecule has 0 aromatic rings. The average molecular weight is 260 g/mol. The molecule has 0 saturated heterocycles. The van der Waals surface area contributed by atoms with Gasteiger partial charge in [0.05, 0.1) is 0 Å². The maximum atomic E-state index is 12.2. The van der Waals surface area contributed by atoms with Gasteiger partial charge in [0.1, 0.15) is 5.78 Å². The highest BCUT2D eigenvalue weighted by molar-refractivity contribution is 5.82. The molecule has 0 amide bonds. The number of carbonyl (C=O) groups is 1. The predicted octanol–water partition coefficient (Wildman–Crippen LogP) is 4.60. The molecule has 6 atom stereocenters. The summed E-state index contributed by atoms with van der Waals surface area (Å²) in [6.07, 6.45) is 15.0. The van der Waals surface area contributed by atoms with E-state index in [0.29, 0.717) is 11.7 Å². The molecule has 0 aliphatic heterocycles. The summed E-state index contributed by atoms with van der Waals surface area (Å²) >= 11 is 0. The van der Waals surface area contributed by atoms with E-state index in [2.05, 4.69) is 0 Å². The number of rotatable bonds is 0. The molecule has 0 spiro atoms. The minimum absolute atomic E-state index is 0.482. The van der Waals surface area contributed by atoms with Gasteiger partial charge in [0.2, 0.25) is 0 Å². The van der Waals surface area contributed by atoms with Crippen molar-refractivity contribution in [1.82, 2.24) is 0 Å². The molecule has 4 aliphatic carbocycles. The summed E-state index contributed by atoms with van der Waals surface area (Å²) < 4.78 is 0. The Morgan fingerprint density at radius 3 is 2.32 bits per heavy atom. The Morgan fingerprint density at radius 1 is 0.632 bits per heavy atom. The van der Waals surface area contributed by atoms with E-state index in [1.165, 1.54) is 64.2 Å². The highest BCUT2D eigenvalue weighted by Crippen LogP contribution is 2.56. The molecular formula is C18H28O. The lowest BCUT2D eigenvalue weighted by molar-refractivity contribution is -0.133. The molecule has 4 aliphatic rings. The van der Waals surface area contributed by atoms with Gasteiger partial charge in [-0.15, -0.1) is 0 Å². The summed E-state index contributed by atoms with van der Waals surface area (Å²) in [5.74, 6) is 5.95. The molecule has 0 aromatic carbocycles. The molecule has 0 aromatic heterocycles. The zero-order chi connectivity index (χ0) is 12.8. The van der Waals surface area contributed by atoms with Crippen molar-refractivity contribution >= 4 is 5.78 Å². The topological polar surface area (TPSA) is 17.1 Å². The molecule has 4 fully saturated rings. The van der Waals surface area contributed by atoms with Gasteiger partial charge in [-0.1, -0.05) is 19.3 Å². The standard InChI is InChI=1S/C18H28O/c19-18-7-3-6-14-16-9-8-12-4-1-2-5-13(12)15(16)10-11-17(14)18/h12-17H,1-11H2. The first-order valence-corrected chi connectivity index (χ1v) is 8.87. The van der Waals surface area contributed by atoms with E-state index in [1.54, 1.807) is 0 Å². The van der Waals surface area contributed by atoms with E-state index in [-0.39, 0.29) is 0 Å². The van der Waals surface area contributed by atoms with Crippen LogP contribution in [0, 0.1) is 35.5 Å². The molecule has 0 bridgehead atoms. The summed E-state index contributed by atoms with van der Waals surface area (Å²) in [5.41, 5.74) is 0. The maximum Gasteiger partial charge on any atom is 0.136 e. The van der Waals surface area contributed by atoms with Crippen LogP contribution in [0.15, 0.2) is 0 Å². The normalized spacial score (nSPS) is 50.0. The van der Waals surface area contributed by atoms with Crippen LogP contribution < -0.4 is 0 Å². The maximum absolute atomic E-state index is 12.2. The molecule has 0 N–H and O–H groups in total. The van der Waals surface area contributed by atoms with Crippen LogP contribution in [0.5, 0.6) is 0 Å². The summed E-state index contributed by atoms with van der Waals surface area (Å²) in [6.45, 7) is 0. The van der Waals surface area contributed by atoms with Gasteiger partial charge in [-0.05, 0) is 74.5 Å². The Kier molecular flexibility index (Phi) is 3.20. The van der Waals surface area contributed by atoms with Crippen molar-refractivity contribution in [2.75, 3.05) is 0 Å². The smallest absolute Gasteiger partial charge is 0.136 e. The van der Waals surface area contributed by atoms with Crippen molar-refractivity contribution in [2.24, 2.45) is 35.5 Å². The van der Waals surface area contributed by atoms with Gasteiger partial charge in [-0.25, -0.2) is 0 Å². The van der Waals surface area contributed by atoms with Crippen LogP contribution in [-0.2, 0) is 4.79 Å². The molecule has 6 unspecified atom stereocenters. The summed E-state index contributed by atoms with van der Waals surface area (Å²) in [7, 11) is 0. The van der Waals surface area contributed by atoms with Crippen molar-refractivity contribution in [3.8, 4) is 0 Å². The van der Waals surface area contributed by atoms with Crippen LogP contribution >= 0.6 is 0 Å². The van der Waals surface area contributed by atoms with Crippen LogP contribution in [-0.4, -0.2) is 5.78 Å². The Bertz CT molecular complexity index is 361. The second kappa shape index (κ2) is 4.90. The van der Waals surface area contributed by atoms with Crippen molar-refractivity contribution in [2.45, 2.75) is 70.6 Å². The second-order valence-electron chi connectivity index (χ2n) is 7.82. The van der Waals surface area contributed by atoms with Crippen molar-refractivity contribution in [1.29, 1.82) is 0 Å². The Labute approximate surface area is 117 Å². The van der Waals surface area contributed by atoms with Gasteiger partial charge in [0, 0.05) is 12.3 Å². The van der Waals surface area contributed by atoms with Gasteiger partial charge < -0.3 is 0 Å². The van der Waals surface area contributed by atoms with Crippen molar-refractivity contribution < 1.29 is 4.79 Å². The first kappa shape index (κ1) is 12.4. The van der Waals surface area contributed by atoms with Crippen molar-refractivity contribution in [3.63, 3.8) is 0 Å². The molecule has 1 nitrogen and oxygen atoms in total. The molecule has 106 valence electrons. The van der Waals surface area contributed by atoms with E-state index < -0.39 is 0 Å². The highest BCUT2D eigenvalue weighted by atomic mass is 16.1. The molecule has 4 rings (SSSR count). The highest BCUT2D eigenvalue weighted by Gasteiger charge is 2.49. The minimum atomic E-state index is 0.482. The summed E-state index contributed by atoms with van der Waals surface area (Å²) in [5, 5.41) is 0. The first-order valence-electron chi connectivity index (χ1n) is 8.87. The predicted molar refractivity (Wildman–Crippen MR) is 76.7 cm³/mol. The number of hydrogen-bond donors (Lipinski definition) is 0. The number of carbonyl (C=O) groups excluding carboxylic acids is 1. The minimum Gasteiger partial charge on any atom is -0.299 e. The van der Waals surface area contributed by atoms with Gasteiger partial charge in [0.15, 0.2) is 0 Å². The third-order valence-electron chi connectivity index (χ3n) is 7.19. The zero-order valence-corrected chi connectivity index (χ0v) is 12.2. The fourth-order valence-electron chi connectivity index (χ4n) is 6.45. The Balaban J connectivity index is 1.56. The molecule has 4 saturated carbocycles. The Hall–Kier alpha value is -0.330. The van der Waals surface area contributed by atoms with E-state index >= 15 is 0 Å². The summed E-state index contributed by atoms with van der Waals surface area (Å²) in [6, 6.07) is 0. The lowest BCUT2D eigenvalue weighted by Gasteiger charge is -2.53. The molecule has 1 heteroatoms. The number of hydrogen-bond acceptors (Lipinski definition) is 1.